The molecule has 1 N–H and O–H groups in total. The van der Waals surface area contributed by atoms with Crippen molar-refractivity contribution in [3.8, 4) is 0 Å². The summed E-state index contributed by atoms with van der Waals surface area (Å²) in [6.45, 7) is 6.09. The molecule has 14 heavy (non-hydrogen) atoms. The van der Waals surface area contributed by atoms with Crippen LogP contribution in [0, 0.1) is 0 Å². The number of rotatable bonds is 2. The molecule has 0 unspecified atom stereocenters. The van der Waals surface area contributed by atoms with E-state index >= 15 is 0 Å². The Morgan fingerprint density at radius 1 is 1.50 bits per heavy atom. The van der Waals surface area contributed by atoms with Crippen molar-refractivity contribution >= 4 is 0 Å². The topological polar surface area (TPSA) is 55.1 Å². The van der Waals surface area contributed by atoms with E-state index in [0.717, 1.165) is 26.2 Å². The third kappa shape index (κ3) is 1.52. The molecule has 2 rings (SSSR count). The summed E-state index contributed by atoms with van der Waals surface area (Å²) in [4.78, 5) is 13.2. The van der Waals surface area contributed by atoms with E-state index in [1.807, 2.05) is 11.9 Å². The highest BCUT2D eigenvalue weighted by Crippen LogP contribution is 1.88. The molecular weight excluding hydrogens is 182 g/mol. The van der Waals surface area contributed by atoms with Gasteiger partial charge < -0.3 is 5.32 Å². The number of nitrogens with one attached hydrogen (secondary N) is 1. The molecule has 78 valence electrons. The number of piperazine rings is 1. The highest BCUT2D eigenvalue weighted by molar-refractivity contribution is 4.88. The molecule has 6 nitrogen and oxygen atoms in total. The summed E-state index contributed by atoms with van der Waals surface area (Å²) in [7, 11) is 0. The summed E-state index contributed by atoms with van der Waals surface area (Å²) < 4.78 is 1.60. The van der Waals surface area contributed by atoms with Gasteiger partial charge in [-0.3, -0.25) is 9.58 Å². The Morgan fingerprint density at radius 3 is 2.79 bits per heavy atom. The van der Waals surface area contributed by atoms with Crippen molar-refractivity contribution in [3.63, 3.8) is 0 Å². The zero-order chi connectivity index (χ0) is 9.97. The molecule has 2 heterocycles. The lowest BCUT2D eigenvalue weighted by Crippen LogP contribution is -2.53. The van der Waals surface area contributed by atoms with Crippen LogP contribution in [0.15, 0.2) is 11.1 Å². The van der Waals surface area contributed by atoms with E-state index in [2.05, 4.69) is 10.4 Å². The monoisotopic (exact) mass is 197 g/mol. The van der Waals surface area contributed by atoms with Crippen molar-refractivity contribution in [1.29, 1.82) is 0 Å². The smallest absolute Gasteiger partial charge is 0.313 e. The van der Waals surface area contributed by atoms with Crippen LogP contribution in [0.2, 0.25) is 0 Å². The summed E-state index contributed by atoms with van der Waals surface area (Å²) in [5, 5.41) is 9.27. The molecule has 1 aliphatic rings. The van der Waals surface area contributed by atoms with E-state index < -0.39 is 0 Å². The molecule has 0 aromatic carbocycles. The predicted molar refractivity (Wildman–Crippen MR) is 53.0 cm³/mol. The van der Waals surface area contributed by atoms with Crippen molar-refractivity contribution in [2.45, 2.75) is 13.5 Å². The van der Waals surface area contributed by atoms with Gasteiger partial charge in [-0.05, 0) is 6.92 Å². The lowest BCUT2D eigenvalue weighted by Gasteiger charge is -2.27. The van der Waals surface area contributed by atoms with Crippen LogP contribution in [0.3, 0.4) is 0 Å². The maximum Gasteiger partial charge on any atom is 0.365 e. The molecule has 1 aliphatic heterocycles. The zero-order valence-corrected chi connectivity index (χ0v) is 8.31. The van der Waals surface area contributed by atoms with Gasteiger partial charge in [0.15, 0.2) is 0 Å². The van der Waals surface area contributed by atoms with Crippen LogP contribution in [0.4, 0.5) is 0 Å². The number of nitrogens with zero attached hydrogens (tertiary/aromatic N) is 4. The van der Waals surface area contributed by atoms with E-state index in [-0.39, 0.29) is 5.69 Å². The average Bonchev–Trinajstić information content (AvgIpc) is 2.61. The van der Waals surface area contributed by atoms with Crippen LogP contribution < -0.4 is 16.0 Å². The van der Waals surface area contributed by atoms with Gasteiger partial charge in [-0.25, -0.2) is 4.79 Å². The molecule has 0 aliphatic carbocycles. The fourth-order valence-corrected chi connectivity index (χ4v) is 1.58. The quantitative estimate of drug-likeness (QED) is 0.634. The molecule has 0 atom stereocenters. The second kappa shape index (κ2) is 3.83. The van der Waals surface area contributed by atoms with Crippen LogP contribution in [0.5, 0.6) is 0 Å². The number of aromatic nitrogens is 3. The Bertz CT molecular complexity index is 349. The average molecular weight is 197 g/mol. The van der Waals surface area contributed by atoms with Crippen LogP contribution >= 0.6 is 0 Å². The van der Waals surface area contributed by atoms with E-state index in [1.54, 1.807) is 10.9 Å². The van der Waals surface area contributed by atoms with Gasteiger partial charge in [0.1, 0.15) is 6.33 Å². The van der Waals surface area contributed by atoms with Gasteiger partial charge in [-0.1, -0.05) is 0 Å². The molecule has 0 radical (unpaired) electrons. The van der Waals surface area contributed by atoms with Crippen molar-refractivity contribution in [1.82, 2.24) is 19.8 Å². The summed E-state index contributed by atoms with van der Waals surface area (Å²) in [5.74, 6) is 0. The first-order valence-corrected chi connectivity index (χ1v) is 4.93. The van der Waals surface area contributed by atoms with Crippen molar-refractivity contribution in [3.05, 3.63) is 16.8 Å². The summed E-state index contributed by atoms with van der Waals surface area (Å²) in [6, 6.07) is 0. The molecular formula is C8H15N5O. The van der Waals surface area contributed by atoms with E-state index in [9.17, 15) is 4.79 Å². The standard InChI is InChI=1S/C8H15N5O/c1-2-11-7-10-13(8(11)14)12-5-3-9-4-6-12/h7,9H,2-6H2,1H3. The van der Waals surface area contributed by atoms with Crippen molar-refractivity contribution in [2.75, 3.05) is 31.2 Å². The minimum Gasteiger partial charge on any atom is -0.313 e. The van der Waals surface area contributed by atoms with Crippen molar-refractivity contribution < 1.29 is 0 Å². The van der Waals surface area contributed by atoms with Crippen LogP contribution in [-0.2, 0) is 6.54 Å². The molecule has 1 fully saturated rings. The van der Waals surface area contributed by atoms with E-state index in [4.69, 9.17) is 0 Å². The maximum absolute atomic E-state index is 11.7. The third-order valence-electron chi connectivity index (χ3n) is 2.42. The zero-order valence-electron chi connectivity index (χ0n) is 8.31. The Labute approximate surface area is 82.1 Å². The van der Waals surface area contributed by atoms with Gasteiger partial charge in [-0.2, -0.15) is 0 Å². The Hall–Kier alpha value is -1.30. The van der Waals surface area contributed by atoms with Gasteiger partial charge in [-0.15, -0.1) is 9.89 Å². The largest absolute Gasteiger partial charge is 0.365 e. The molecule has 1 saturated heterocycles. The van der Waals surface area contributed by atoms with Gasteiger partial charge in [0.2, 0.25) is 0 Å². The normalized spacial score (nSPS) is 17.4. The highest BCUT2D eigenvalue weighted by Gasteiger charge is 2.13. The first-order valence-electron chi connectivity index (χ1n) is 4.93. The van der Waals surface area contributed by atoms with Crippen LogP contribution in [0.25, 0.3) is 0 Å². The summed E-state index contributed by atoms with van der Waals surface area (Å²) in [6.07, 6.45) is 1.59. The third-order valence-corrected chi connectivity index (χ3v) is 2.42. The van der Waals surface area contributed by atoms with E-state index in [1.165, 1.54) is 4.79 Å². The minimum atomic E-state index is -0.0469. The highest BCUT2D eigenvalue weighted by atomic mass is 16.2. The van der Waals surface area contributed by atoms with Gasteiger partial charge in [0, 0.05) is 32.7 Å². The molecule has 0 amide bonds. The Kier molecular flexibility index (Phi) is 2.53. The second-order valence-electron chi connectivity index (χ2n) is 3.29. The fraction of sp³-hybridized carbons (Fsp3) is 0.750. The van der Waals surface area contributed by atoms with Crippen molar-refractivity contribution in [2.24, 2.45) is 0 Å². The SMILES string of the molecule is CCn1cnn(N2CCNCC2)c1=O. The molecule has 0 saturated carbocycles. The number of aryl methyl sites for hydroxylation is 1. The molecule has 0 spiro atoms. The van der Waals surface area contributed by atoms with Crippen LogP contribution in [-0.4, -0.2) is 40.6 Å². The van der Waals surface area contributed by atoms with Gasteiger partial charge >= 0.3 is 5.69 Å². The van der Waals surface area contributed by atoms with Crippen LogP contribution in [0.1, 0.15) is 6.92 Å². The lowest BCUT2D eigenvalue weighted by molar-refractivity contribution is 0.447. The van der Waals surface area contributed by atoms with Gasteiger partial charge in [0.05, 0.1) is 0 Å². The minimum absolute atomic E-state index is 0.0469. The first-order chi connectivity index (χ1) is 6.83. The fourth-order valence-electron chi connectivity index (χ4n) is 1.58. The Balaban J connectivity index is 2.22. The molecule has 0 bridgehead atoms. The lowest BCUT2D eigenvalue weighted by atomic mass is 10.4. The maximum atomic E-state index is 11.7. The predicted octanol–water partition coefficient (Wildman–Crippen LogP) is -1.39. The summed E-state index contributed by atoms with van der Waals surface area (Å²) >= 11 is 0. The molecule has 6 heteroatoms. The second-order valence-corrected chi connectivity index (χ2v) is 3.29. The first kappa shape index (κ1) is 9.26. The summed E-state index contributed by atoms with van der Waals surface area (Å²) in [5.41, 5.74) is -0.0469. The molecule has 1 aromatic heterocycles. The Morgan fingerprint density at radius 2 is 2.21 bits per heavy atom. The van der Waals surface area contributed by atoms with Gasteiger partial charge in [0.25, 0.3) is 0 Å². The van der Waals surface area contributed by atoms with E-state index in [0.29, 0.717) is 6.54 Å². The molecule has 1 aromatic rings. The number of hydrogen-bond donors (Lipinski definition) is 1. The number of hydrogen-bond acceptors (Lipinski definition) is 4.